The predicted molar refractivity (Wildman–Crippen MR) is 69.3 cm³/mol. The molecule has 17 heavy (non-hydrogen) atoms. The summed E-state index contributed by atoms with van der Waals surface area (Å²) in [5, 5.41) is 12.7. The number of urea groups is 1. The van der Waals surface area contributed by atoms with E-state index in [-0.39, 0.29) is 11.9 Å². The molecular formula is C12H18N4O. The van der Waals surface area contributed by atoms with Crippen LogP contribution in [0.25, 0.3) is 0 Å². The summed E-state index contributed by atoms with van der Waals surface area (Å²) in [7, 11) is 0. The molecule has 2 amide bonds. The van der Waals surface area contributed by atoms with Gasteiger partial charge in [-0.1, -0.05) is 12.1 Å². The molecule has 0 saturated heterocycles. The number of carbonyl (C=O) groups is 1. The molecule has 1 aromatic carbocycles. The lowest BCUT2D eigenvalue weighted by Gasteiger charge is -2.24. The van der Waals surface area contributed by atoms with Gasteiger partial charge in [0, 0.05) is 5.69 Å². The highest BCUT2D eigenvalue weighted by atomic mass is 16.2. The zero-order chi connectivity index (χ0) is 13.1. The molecule has 0 spiro atoms. The maximum atomic E-state index is 11.7. The first kappa shape index (κ1) is 13.0. The molecule has 5 N–H and O–H groups in total. The first-order chi connectivity index (χ1) is 7.81. The minimum absolute atomic E-state index is 0.0862. The Morgan fingerprint density at radius 2 is 2.06 bits per heavy atom. The van der Waals surface area contributed by atoms with Crippen molar-refractivity contribution in [3.63, 3.8) is 0 Å². The monoisotopic (exact) mass is 234 g/mol. The summed E-state index contributed by atoms with van der Waals surface area (Å²) < 4.78 is 0. The van der Waals surface area contributed by atoms with E-state index in [2.05, 4.69) is 10.6 Å². The number of aryl methyl sites for hydroxylation is 1. The maximum Gasteiger partial charge on any atom is 0.320 e. The molecule has 0 atom stereocenters. The molecule has 0 saturated carbocycles. The number of hydrogen-bond acceptors (Lipinski definition) is 2. The lowest BCUT2D eigenvalue weighted by atomic mass is 10.1. The van der Waals surface area contributed by atoms with E-state index in [9.17, 15) is 4.79 Å². The van der Waals surface area contributed by atoms with Crippen LogP contribution in [0.15, 0.2) is 24.3 Å². The summed E-state index contributed by atoms with van der Waals surface area (Å²) in [6.07, 6.45) is 0. The quantitative estimate of drug-likeness (QED) is 0.474. The van der Waals surface area contributed by atoms with Gasteiger partial charge in [-0.25, -0.2) is 4.79 Å². The van der Waals surface area contributed by atoms with Crippen LogP contribution in [0.1, 0.15) is 19.4 Å². The van der Waals surface area contributed by atoms with Crippen molar-refractivity contribution in [3.8, 4) is 0 Å². The van der Waals surface area contributed by atoms with Gasteiger partial charge in [0.2, 0.25) is 0 Å². The summed E-state index contributed by atoms with van der Waals surface area (Å²) in [5.41, 5.74) is 6.30. The Kier molecular flexibility index (Phi) is 3.73. The van der Waals surface area contributed by atoms with Gasteiger partial charge >= 0.3 is 6.03 Å². The van der Waals surface area contributed by atoms with Crippen LogP contribution in [0.3, 0.4) is 0 Å². The lowest BCUT2D eigenvalue weighted by molar-refractivity contribution is 0.247. The third-order valence-electron chi connectivity index (χ3n) is 2.38. The molecule has 5 nitrogen and oxygen atoms in total. The van der Waals surface area contributed by atoms with E-state index in [1.165, 1.54) is 0 Å². The first-order valence-electron chi connectivity index (χ1n) is 5.31. The van der Waals surface area contributed by atoms with Crippen molar-refractivity contribution in [3.05, 3.63) is 29.8 Å². The number of anilines is 1. The molecule has 0 aliphatic heterocycles. The Morgan fingerprint density at radius 1 is 1.41 bits per heavy atom. The van der Waals surface area contributed by atoms with Crippen LogP contribution in [0.4, 0.5) is 10.5 Å². The molecule has 1 rings (SSSR count). The molecule has 0 fully saturated rings. The summed E-state index contributed by atoms with van der Waals surface area (Å²) in [4.78, 5) is 11.7. The molecule has 92 valence electrons. The van der Waals surface area contributed by atoms with Crippen molar-refractivity contribution in [2.24, 2.45) is 5.73 Å². The third-order valence-corrected chi connectivity index (χ3v) is 2.38. The van der Waals surface area contributed by atoms with Gasteiger partial charge < -0.3 is 16.4 Å². The fraction of sp³-hybridized carbons (Fsp3) is 0.333. The van der Waals surface area contributed by atoms with Crippen molar-refractivity contribution >= 4 is 17.6 Å². The zero-order valence-corrected chi connectivity index (χ0v) is 10.3. The minimum atomic E-state index is -0.853. The average Bonchev–Trinajstić information content (AvgIpc) is 2.15. The summed E-state index contributed by atoms with van der Waals surface area (Å²) >= 11 is 0. The topological polar surface area (TPSA) is 91.0 Å². The van der Waals surface area contributed by atoms with Gasteiger partial charge in [-0.2, -0.15) is 0 Å². The highest BCUT2D eigenvalue weighted by Crippen LogP contribution is 2.10. The van der Waals surface area contributed by atoms with Gasteiger partial charge in [-0.15, -0.1) is 0 Å². The van der Waals surface area contributed by atoms with Crippen molar-refractivity contribution < 1.29 is 4.79 Å². The number of amidine groups is 1. The van der Waals surface area contributed by atoms with Crippen molar-refractivity contribution in [2.75, 3.05) is 5.32 Å². The van der Waals surface area contributed by atoms with Crippen LogP contribution < -0.4 is 16.4 Å². The molecule has 0 aliphatic carbocycles. The van der Waals surface area contributed by atoms with Gasteiger partial charge in [0.05, 0.1) is 5.54 Å². The molecule has 0 aromatic heterocycles. The molecular weight excluding hydrogens is 216 g/mol. The number of rotatable bonds is 3. The largest absolute Gasteiger partial charge is 0.386 e. The number of nitrogens with one attached hydrogen (secondary N) is 3. The van der Waals surface area contributed by atoms with Crippen LogP contribution in [0, 0.1) is 12.3 Å². The molecule has 5 heteroatoms. The Bertz CT molecular complexity index is 440. The van der Waals surface area contributed by atoms with E-state index in [0.29, 0.717) is 5.69 Å². The van der Waals surface area contributed by atoms with Gasteiger partial charge in [0.1, 0.15) is 5.84 Å². The second-order valence-corrected chi connectivity index (χ2v) is 4.49. The van der Waals surface area contributed by atoms with E-state index in [4.69, 9.17) is 11.1 Å². The summed E-state index contributed by atoms with van der Waals surface area (Å²) in [6.45, 7) is 5.29. The van der Waals surface area contributed by atoms with Crippen LogP contribution in [0.5, 0.6) is 0 Å². The average molecular weight is 234 g/mol. The number of benzene rings is 1. The molecule has 0 heterocycles. The normalized spacial score (nSPS) is 10.8. The molecule has 1 aromatic rings. The van der Waals surface area contributed by atoms with Crippen molar-refractivity contribution in [1.82, 2.24) is 5.32 Å². The Labute approximate surface area is 101 Å². The minimum Gasteiger partial charge on any atom is -0.386 e. The van der Waals surface area contributed by atoms with Crippen LogP contribution >= 0.6 is 0 Å². The molecule has 0 aliphatic rings. The number of hydrogen-bond donors (Lipinski definition) is 4. The predicted octanol–water partition coefficient (Wildman–Crippen LogP) is 1.83. The SMILES string of the molecule is Cc1cccc(NC(=O)NC(C)(C)C(=N)N)c1. The molecule has 0 bridgehead atoms. The van der Waals surface area contributed by atoms with Crippen molar-refractivity contribution in [2.45, 2.75) is 26.3 Å². The molecule has 0 unspecified atom stereocenters. The highest BCUT2D eigenvalue weighted by Gasteiger charge is 2.23. The lowest BCUT2D eigenvalue weighted by Crippen LogP contribution is -2.53. The van der Waals surface area contributed by atoms with E-state index in [0.717, 1.165) is 5.56 Å². The van der Waals surface area contributed by atoms with Crippen molar-refractivity contribution in [1.29, 1.82) is 5.41 Å². The van der Waals surface area contributed by atoms with Gasteiger partial charge in [0.25, 0.3) is 0 Å². The van der Waals surface area contributed by atoms with Gasteiger partial charge in [-0.3, -0.25) is 5.41 Å². The van der Waals surface area contributed by atoms with Crippen LogP contribution in [0.2, 0.25) is 0 Å². The Hall–Kier alpha value is -2.04. The fourth-order valence-electron chi connectivity index (χ4n) is 1.24. The molecule has 0 radical (unpaired) electrons. The van der Waals surface area contributed by atoms with E-state index < -0.39 is 5.54 Å². The van der Waals surface area contributed by atoms with Crippen LogP contribution in [-0.2, 0) is 0 Å². The second-order valence-electron chi connectivity index (χ2n) is 4.49. The highest BCUT2D eigenvalue weighted by molar-refractivity contribution is 5.95. The number of amides is 2. The zero-order valence-electron chi connectivity index (χ0n) is 10.3. The Balaban J connectivity index is 2.65. The standard InChI is InChI=1S/C12H18N4O/c1-8-5-4-6-9(7-8)15-11(17)16-12(2,3)10(13)14/h4-7H,1-3H3,(H3,13,14)(H2,15,16,17). The Morgan fingerprint density at radius 3 is 2.59 bits per heavy atom. The fourth-order valence-corrected chi connectivity index (χ4v) is 1.24. The van der Waals surface area contributed by atoms with Crippen LogP contribution in [-0.4, -0.2) is 17.4 Å². The number of carbonyl (C=O) groups excluding carboxylic acids is 1. The summed E-state index contributed by atoms with van der Waals surface area (Å²) in [5.74, 6) is -0.0862. The summed E-state index contributed by atoms with van der Waals surface area (Å²) in [6, 6.07) is 7.09. The van der Waals surface area contributed by atoms with E-state index in [1.54, 1.807) is 19.9 Å². The number of nitrogens with two attached hydrogens (primary N) is 1. The van der Waals surface area contributed by atoms with E-state index in [1.807, 2.05) is 25.1 Å². The second kappa shape index (κ2) is 4.86. The van der Waals surface area contributed by atoms with Gasteiger partial charge in [-0.05, 0) is 38.5 Å². The van der Waals surface area contributed by atoms with E-state index >= 15 is 0 Å². The smallest absolute Gasteiger partial charge is 0.320 e. The van der Waals surface area contributed by atoms with Gasteiger partial charge in [0.15, 0.2) is 0 Å². The first-order valence-corrected chi connectivity index (χ1v) is 5.31. The maximum absolute atomic E-state index is 11.7. The third kappa shape index (κ3) is 3.79.